The van der Waals surface area contributed by atoms with Crippen LogP contribution in [-0.2, 0) is 38.7 Å². The van der Waals surface area contributed by atoms with Gasteiger partial charge in [0.1, 0.15) is 11.7 Å². The number of rotatable bonds is 11. The maximum Gasteiger partial charge on any atom is 0.325 e. The third kappa shape index (κ3) is 8.62. The highest BCUT2D eigenvalue weighted by atomic mass is 35.5. The van der Waals surface area contributed by atoms with Gasteiger partial charge in [-0.2, -0.15) is 0 Å². The molecule has 10 nitrogen and oxygen atoms in total. The van der Waals surface area contributed by atoms with Crippen LogP contribution in [0.15, 0.2) is 79.1 Å². The van der Waals surface area contributed by atoms with E-state index in [4.69, 9.17) is 37.4 Å². The molecule has 0 saturated carbocycles. The summed E-state index contributed by atoms with van der Waals surface area (Å²) in [5.41, 5.74) is 5.52. The molecule has 0 bridgehead atoms. The number of aliphatic hydroxyl groups is 1. The van der Waals surface area contributed by atoms with Crippen LogP contribution in [0.4, 0.5) is 4.79 Å². The summed E-state index contributed by atoms with van der Waals surface area (Å²) in [7, 11) is 0. The van der Waals surface area contributed by atoms with Crippen molar-refractivity contribution in [3.05, 3.63) is 112 Å². The number of esters is 1. The van der Waals surface area contributed by atoms with Gasteiger partial charge >= 0.3 is 12.0 Å². The van der Waals surface area contributed by atoms with Crippen LogP contribution in [0.3, 0.4) is 0 Å². The zero-order valence-corrected chi connectivity index (χ0v) is 26.1. The molecule has 1 saturated heterocycles. The lowest BCUT2D eigenvalue weighted by Gasteiger charge is -2.36. The summed E-state index contributed by atoms with van der Waals surface area (Å²) < 4.78 is 19.5. The number of urea groups is 1. The zero-order valence-electron chi connectivity index (χ0n) is 24.6. The lowest BCUT2D eigenvalue weighted by Crippen LogP contribution is -2.38. The number of ether oxygens (including phenoxy) is 3. The molecule has 3 atom stereocenters. The third-order valence-corrected chi connectivity index (χ3v) is 8.11. The number of hydrogen-bond donors (Lipinski definition) is 3. The van der Waals surface area contributed by atoms with E-state index in [0.717, 1.165) is 33.4 Å². The van der Waals surface area contributed by atoms with Crippen LogP contribution in [0.2, 0.25) is 10.3 Å². The first-order valence-corrected chi connectivity index (χ1v) is 15.3. The highest BCUT2D eigenvalue weighted by Gasteiger charge is 2.33. The average Bonchev–Trinajstić information content (AvgIpc) is 3.38. The number of imidazole rings is 1. The number of nitrogens with one attached hydrogen (secondary N) is 2. The number of aliphatic hydroxyl groups excluding tert-OH is 1. The zero-order chi connectivity index (χ0) is 31.8. The maximum atomic E-state index is 12.1. The lowest BCUT2D eigenvalue weighted by atomic mass is 9.99. The molecule has 1 aliphatic rings. The number of aromatic nitrogens is 2. The second-order valence-corrected chi connectivity index (χ2v) is 11.2. The van der Waals surface area contributed by atoms with Crippen molar-refractivity contribution >= 4 is 35.2 Å². The van der Waals surface area contributed by atoms with Gasteiger partial charge in [-0.3, -0.25) is 4.79 Å². The van der Waals surface area contributed by atoms with Gasteiger partial charge in [-0.15, -0.1) is 0 Å². The molecule has 0 aliphatic carbocycles. The molecule has 0 radical (unpaired) electrons. The summed E-state index contributed by atoms with van der Waals surface area (Å²) in [6.45, 7) is 2.49. The molecule has 1 aliphatic heterocycles. The monoisotopic (exact) mass is 652 g/mol. The largest absolute Gasteiger partial charge is 0.465 e. The van der Waals surface area contributed by atoms with Crippen molar-refractivity contribution in [2.45, 2.75) is 51.5 Å². The van der Waals surface area contributed by atoms with Gasteiger partial charge in [0.25, 0.3) is 0 Å². The fourth-order valence-electron chi connectivity index (χ4n) is 5.03. The number of nitrogens with zero attached hydrogens (tertiary/aromatic N) is 2. The Balaban J connectivity index is 1.27. The van der Waals surface area contributed by atoms with Crippen LogP contribution in [0.1, 0.15) is 48.0 Å². The molecular formula is C33H34Cl2N4O6. The number of carbonyl (C=O) groups is 2. The van der Waals surface area contributed by atoms with Crippen LogP contribution in [0.5, 0.6) is 0 Å². The fourth-order valence-corrected chi connectivity index (χ4v) is 5.34. The predicted octanol–water partition coefficient (Wildman–Crippen LogP) is 5.96. The van der Waals surface area contributed by atoms with Gasteiger partial charge in [-0.25, -0.2) is 9.78 Å². The van der Waals surface area contributed by atoms with Crippen LogP contribution < -0.4 is 10.6 Å². The second-order valence-electron chi connectivity index (χ2n) is 10.5. The summed E-state index contributed by atoms with van der Waals surface area (Å²) in [6.07, 6.45) is 1.05. The van der Waals surface area contributed by atoms with Gasteiger partial charge in [0.2, 0.25) is 0 Å². The van der Waals surface area contributed by atoms with Crippen LogP contribution in [0.25, 0.3) is 11.1 Å². The van der Waals surface area contributed by atoms with E-state index in [-0.39, 0.29) is 37.1 Å². The molecule has 236 valence electrons. The third-order valence-electron chi connectivity index (χ3n) is 7.34. The van der Waals surface area contributed by atoms with Crippen molar-refractivity contribution in [2.24, 2.45) is 0 Å². The Morgan fingerprint density at radius 1 is 0.978 bits per heavy atom. The molecular weight excluding hydrogens is 619 g/mol. The van der Waals surface area contributed by atoms with E-state index >= 15 is 0 Å². The molecule has 2 amide bonds. The quantitative estimate of drug-likeness (QED) is 0.171. The van der Waals surface area contributed by atoms with Crippen molar-refractivity contribution in [3.8, 4) is 11.1 Å². The topological polar surface area (TPSA) is 124 Å². The van der Waals surface area contributed by atoms with Crippen molar-refractivity contribution in [1.82, 2.24) is 20.2 Å². The highest BCUT2D eigenvalue weighted by molar-refractivity contribution is 6.40. The molecule has 1 fully saturated rings. The summed E-state index contributed by atoms with van der Waals surface area (Å²) in [5, 5.41) is 15.3. The maximum absolute atomic E-state index is 12.1. The molecule has 3 N–H and O–H groups in total. The molecule has 4 aromatic rings. The van der Waals surface area contributed by atoms with Gasteiger partial charge < -0.3 is 34.5 Å². The Labute approximate surface area is 271 Å². The van der Waals surface area contributed by atoms with E-state index in [0.29, 0.717) is 24.7 Å². The minimum Gasteiger partial charge on any atom is -0.465 e. The lowest BCUT2D eigenvalue weighted by molar-refractivity contribution is -0.252. The van der Waals surface area contributed by atoms with Crippen LogP contribution >= 0.6 is 23.2 Å². The first-order chi connectivity index (χ1) is 21.8. The van der Waals surface area contributed by atoms with E-state index in [1.807, 2.05) is 72.8 Å². The SMILES string of the molecule is CCOC(=O)CNC(=O)NCc1cccc(-c2ccc([C@H]3O[C@@H](Cn4cnc(Cl)c4Cl)C[C@@H](c4ccc(CO)cc4)O3)cc2)c1. The van der Waals surface area contributed by atoms with Gasteiger partial charge in [-0.1, -0.05) is 89.9 Å². The first-order valence-electron chi connectivity index (χ1n) is 14.6. The van der Waals surface area contributed by atoms with Gasteiger partial charge in [0.05, 0.1) is 38.3 Å². The van der Waals surface area contributed by atoms with E-state index in [1.165, 1.54) is 0 Å². The minimum atomic E-state index is -0.637. The number of carbonyl (C=O) groups excluding carboxylic acids is 2. The first kappa shape index (κ1) is 32.5. The Morgan fingerprint density at radius 3 is 2.42 bits per heavy atom. The van der Waals surface area contributed by atoms with Gasteiger partial charge in [0, 0.05) is 18.5 Å². The Hall–Kier alpha value is -3.93. The second kappa shape index (κ2) is 15.4. The molecule has 2 heterocycles. The molecule has 0 unspecified atom stereocenters. The average molecular weight is 654 g/mol. The Kier molecular flexibility index (Phi) is 11.1. The normalized spacial score (nSPS) is 17.9. The summed E-state index contributed by atoms with van der Waals surface area (Å²) in [5.74, 6) is -0.489. The summed E-state index contributed by atoms with van der Waals surface area (Å²) in [6, 6.07) is 23.0. The van der Waals surface area contributed by atoms with Crippen LogP contribution in [-0.4, -0.2) is 45.9 Å². The van der Waals surface area contributed by atoms with Crippen molar-refractivity contribution in [3.63, 3.8) is 0 Å². The smallest absolute Gasteiger partial charge is 0.325 e. The predicted molar refractivity (Wildman–Crippen MR) is 169 cm³/mol. The molecule has 5 rings (SSSR count). The molecule has 12 heteroatoms. The van der Waals surface area contributed by atoms with Crippen molar-refractivity contribution in [2.75, 3.05) is 13.2 Å². The molecule has 1 aromatic heterocycles. The van der Waals surface area contributed by atoms with Gasteiger partial charge in [0.15, 0.2) is 11.4 Å². The van der Waals surface area contributed by atoms with Crippen molar-refractivity contribution in [1.29, 1.82) is 0 Å². The Morgan fingerprint density at radius 2 is 1.73 bits per heavy atom. The summed E-state index contributed by atoms with van der Waals surface area (Å²) in [4.78, 5) is 27.6. The van der Waals surface area contributed by atoms with E-state index < -0.39 is 18.3 Å². The minimum absolute atomic E-state index is 0.0295. The molecule has 0 spiro atoms. The number of hydrogen-bond acceptors (Lipinski definition) is 7. The van der Waals surface area contributed by atoms with E-state index in [9.17, 15) is 14.7 Å². The van der Waals surface area contributed by atoms with Crippen molar-refractivity contribution < 1.29 is 28.9 Å². The standard InChI is InChI=1S/C33H34Cl2N4O6/c1-2-43-29(41)17-37-33(42)36-16-22-4-3-5-26(14-22)23-10-12-25(13-11-23)32-44-27(18-39-20-38-30(34)31(39)35)15-28(45-32)24-8-6-21(19-40)7-9-24/h3-14,20,27-28,32,40H,2,15-19H2,1H3,(H2,36,37,42)/t27-,28+,32+/m1/s1. The highest BCUT2D eigenvalue weighted by Crippen LogP contribution is 2.39. The van der Waals surface area contributed by atoms with Crippen LogP contribution in [0, 0.1) is 0 Å². The number of amides is 2. The van der Waals surface area contributed by atoms with E-state index in [2.05, 4.69) is 15.6 Å². The number of halogens is 2. The Bertz CT molecular complexity index is 1600. The summed E-state index contributed by atoms with van der Waals surface area (Å²) >= 11 is 12.4. The molecule has 3 aromatic carbocycles. The molecule has 45 heavy (non-hydrogen) atoms. The van der Waals surface area contributed by atoms with E-state index in [1.54, 1.807) is 17.8 Å². The fraction of sp³-hybridized carbons (Fsp3) is 0.303. The number of benzene rings is 3. The van der Waals surface area contributed by atoms with Gasteiger partial charge in [-0.05, 0) is 40.8 Å².